The Kier molecular flexibility index (Phi) is 4.62. The summed E-state index contributed by atoms with van der Waals surface area (Å²) in [4.78, 5) is 0. The van der Waals surface area contributed by atoms with Gasteiger partial charge in [0.25, 0.3) is 0 Å². The molecule has 1 aliphatic rings. The molecule has 0 N–H and O–H groups in total. The Labute approximate surface area is 116 Å². The van der Waals surface area contributed by atoms with Crippen molar-refractivity contribution in [1.29, 1.82) is 0 Å². The van der Waals surface area contributed by atoms with Crippen molar-refractivity contribution in [2.24, 2.45) is 28.1 Å². The summed E-state index contributed by atoms with van der Waals surface area (Å²) in [6, 6.07) is 0. The summed E-state index contributed by atoms with van der Waals surface area (Å²) in [6.07, 6.45) is 6.94. The molecule has 1 rings (SSSR count). The molecule has 1 aliphatic carbocycles. The van der Waals surface area contributed by atoms with Crippen LogP contribution in [0.1, 0.15) is 87.5 Å². The third-order valence-corrected chi connectivity index (χ3v) is 7.06. The van der Waals surface area contributed by atoms with Crippen molar-refractivity contribution in [2.45, 2.75) is 87.5 Å². The van der Waals surface area contributed by atoms with Crippen LogP contribution in [0.25, 0.3) is 0 Å². The average molecular weight is 252 g/mol. The first-order valence-corrected chi connectivity index (χ1v) is 8.08. The van der Waals surface area contributed by atoms with Crippen molar-refractivity contribution < 1.29 is 0 Å². The van der Waals surface area contributed by atoms with E-state index in [-0.39, 0.29) is 0 Å². The van der Waals surface area contributed by atoms with Gasteiger partial charge in [0.2, 0.25) is 0 Å². The van der Waals surface area contributed by atoms with Crippen LogP contribution in [-0.4, -0.2) is 0 Å². The second kappa shape index (κ2) is 5.17. The molecule has 0 aromatic heterocycles. The van der Waals surface area contributed by atoms with Gasteiger partial charge in [-0.3, -0.25) is 0 Å². The summed E-state index contributed by atoms with van der Waals surface area (Å²) in [7, 11) is 0. The van der Waals surface area contributed by atoms with E-state index in [1.54, 1.807) is 0 Å². The molecule has 0 aromatic rings. The van der Waals surface area contributed by atoms with Crippen LogP contribution >= 0.6 is 0 Å². The summed E-state index contributed by atoms with van der Waals surface area (Å²) in [5.74, 6) is 1.73. The van der Waals surface area contributed by atoms with Crippen molar-refractivity contribution in [1.82, 2.24) is 0 Å². The molecular weight excluding hydrogens is 216 g/mol. The number of hydrogen-bond donors (Lipinski definition) is 0. The van der Waals surface area contributed by atoms with Crippen LogP contribution in [0.2, 0.25) is 0 Å². The lowest BCUT2D eigenvalue weighted by atomic mass is 9.50. The highest BCUT2D eigenvalue weighted by Crippen LogP contribution is 2.62. The highest BCUT2D eigenvalue weighted by Gasteiger charge is 2.53. The Morgan fingerprint density at radius 2 is 1.78 bits per heavy atom. The maximum Gasteiger partial charge on any atom is -0.0246 e. The van der Waals surface area contributed by atoms with E-state index in [9.17, 15) is 0 Å². The summed E-state index contributed by atoms with van der Waals surface area (Å²) in [5, 5.41) is 0. The van der Waals surface area contributed by atoms with Gasteiger partial charge in [0.05, 0.1) is 0 Å². The van der Waals surface area contributed by atoms with Crippen molar-refractivity contribution in [3.63, 3.8) is 0 Å². The molecular formula is C18H36. The van der Waals surface area contributed by atoms with Gasteiger partial charge < -0.3 is 0 Å². The van der Waals surface area contributed by atoms with Crippen LogP contribution in [-0.2, 0) is 0 Å². The summed E-state index contributed by atoms with van der Waals surface area (Å²) in [6.45, 7) is 19.9. The fourth-order valence-electron chi connectivity index (χ4n) is 4.29. The molecule has 0 amide bonds. The lowest BCUT2D eigenvalue weighted by molar-refractivity contribution is -0.0635. The van der Waals surface area contributed by atoms with Crippen molar-refractivity contribution >= 4 is 0 Å². The van der Waals surface area contributed by atoms with Gasteiger partial charge in [-0.15, -0.1) is 0 Å². The minimum Gasteiger partial charge on any atom is -0.0654 e. The molecule has 0 nitrogen and oxygen atoms in total. The van der Waals surface area contributed by atoms with Crippen molar-refractivity contribution in [3.05, 3.63) is 0 Å². The molecule has 0 heterocycles. The van der Waals surface area contributed by atoms with E-state index >= 15 is 0 Å². The molecule has 3 atom stereocenters. The molecule has 0 saturated heterocycles. The second-order valence-electron chi connectivity index (χ2n) is 8.45. The smallest absolute Gasteiger partial charge is 0.0246 e. The molecule has 108 valence electrons. The van der Waals surface area contributed by atoms with Crippen molar-refractivity contribution in [2.75, 3.05) is 0 Å². The number of rotatable bonds is 5. The van der Waals surface area contributed by atoms with Crippen molar-refractivity contribution in [3.8, 4) is 0 Å². The van der Waals surface area contributed by atoms with Gasteiger partial charge in [-0.1, -0.05) is 74.7 Å². The van der Waals surface area contributed by atoms with Crippen LogP contribution in [0.3, 0.4) is 0 Å². The molecule has 1 fully saturated rings. The van der Waals surface area contributed by atoms with E-state index < -0.39 is 0 Å². The normalized spacial score (nSPS) is 31.7. The Bertz CT molecular complexity index is 274. The molecule has 0 bridgehead atoms. The number of hydrogen-bond acceptors (Lipinski definition) is 0. The fourth-order valence-corrected chi connectivity index (χ4v) is 4.29. The van der Waals surface area contributed by atoms with Gasteiger partial charge in [-0.25, -0.2) is 0 Å². The highest BCUT2D eigenvalue weighted by atomic mass is 14.6. The molecule has 1 saturated carbocycles. The van der Waals surface area contributed by atoms with Gasteiger partial charge in [0.15, 0.2) is 0 Å². The van der Waals surface area contributed by atoms with Crippen LogP contribution < -0.4 is 0 Å². The van der Waals surface area contributed by atoms with Gasteiger partial charge in [-0.2, -0.15) is 0 Å². The van der Waals surface area contributed by atoms with E-state index in [2.05, 4.69) is 55.4 Å². The zero-order chi connectivity index (χ0) is 14.2. The quantitative estimate of drug-likeness (QED) is 0.538. The minimum absolute atomic E-state index is 0.416. The van der Waals surface area contributed by atoms with Crippen LogP contribution in [0.4, 0.5) is 0 Å². The van der Waals surface area contributed by atoms with Gasteiger partial charge in [0, 0.05) is 0 Å². The van der Waals surface area contributed by atoms with Crippen LogP contribution in [0.15, 0.2) is 0 Å². The molecule has 0 spiro atoms. The van der Waals surface area contributed by atoms with E-state index in [0.717, 1.165) is 11.8 Å². The average Bonchev–Trinajstić information content (AvgIpc) is 2.60. The lowest BCUT2D eigenvalue weighted by Gasteiger charge is -2.55. The minimum atomic E-state index is 0.416. The first-order valence-electron chi connectivity index (χ1n) is 8.08. The second-order valence-corrected chi connectivity index (χ2v) is 8.45. The maximum absolute atomic E-state index is 2.55. The van der Waals surface area contributed by atoms with Gasteiger partial charge in [-0.05, 0) is 40.9 Å². The third-order valence-electron chi connectivity index (χ3n) is 7.06. The summed E-state index contributed by atoms with van der Waals surface area (Å²) in [5.41, 5.74) is 1.36. The molecule has 0 heteroatoms. The zero-order valence-electron chi connectivity index (χ0n) is 14.2. The Hall–Kier alpha value is 0. The largest absolute Gasteiger partial charge is 0.0654 e. The lowest BCUT2D eigenvalue weighted by Crippen LogP contribution is -2.48. The van der Waals surface area contributed by atoms with Crippen LogP contribution in [0.5, 0.6) is 0 Å². The Morgan fingerprint density at radius 3 is 2.17 bits per heavy atom. The first kappa shape index (κ1) is 16.1. The first-order chi connectivity index (χ1) is 8.08. The van der Waals surface area contributed by atoms with E-state index in [1.165, 1.54) is 32.1 Å². The van der Waals surface area contributed by atoms with Gasteiger partial charge >= 0.3 is 0 Å². The SMILES string of the molecule is CCCC(C)C(C)(C)C(C)(C)C1(C)CCC(C)C1. The fraction of sp³-hybridized carbons (Fsp3) is 1.00. The van der Waals surface area contributed by atoms with E-state index in [0.29, 0.717) is 16.2 Å². The topological polar surface area (TPSA) is 0 Å². The predicted octanol–water partition coefficient (Wildman–Crippen LogP) is 6.30. The third kappa shape index (κ3) is 2.49. The maximum atomic E-state index is 2.55. The molecule has 3 unspecified atom stereocenters. The zero-order valence-corrected chi connectivity index (χ0v) is 14.2. The van der Waals surface area contributed by atoms with E-state index in [1.807, 2.05) is 0 Å². The summed E-state index contributed by atoms with van der Waals surface area (Å²) >= 11 is 0. The predicted molar refractivity (Wildman–Crippen MR) is 82.8 cm³/mol. The molecule has 0 aliphatic heterocycles. The molecule has 0 radical (unpaired) electrons. The Morgan fingerprint density at radius 1 is 1.22 bits per heavy atom. The standard InChI is InChI=1S/C18H36/c1-9-10-15(3)16(4,5)17(6,7)18(8)12-11-14(2)13-18/h14-15H,9-13H2,1-8H3. The summed E-state index contributed by atoms with van der Waals surface area (Å²) < 4.78 is 0. The monoisotopic (exact) mass is 252 g/mol. The van der Waals surface area contributed by atoms with Gasteiger partial charge in [0.1, 0.15) is 0 Å². The van der Waals surface area contributed by atoms with Crippen LogP contribution in [0, 0.1) is 28.1 Å². The molecule has 18 heavy (non-hydrogen) atoms. The van der Waals surface area contributed by atoms with E-state index in [4.69, 9.17) is 0 Å². The highest BCUT2D eigenvalue weighted by molar-refractivity contribution is 5.03. The Balaban J connectivity index is 2.97. The molecule has 0 aromatic carbocycles.